The molecule has 4 aromatic rings. The lowest BCUT2D eigenvalue weighted by Gasteiger charge is -2.06. The Morgan fingerprint density at radius 3 is 2.38 bits per heavy atom. The van der Waals surface area contributed by atoms with Gasteiger partial charge in [0.15, 0.2) is 5.82 Å². The van der Waals surface area contributed by atoms with Gasteiger partial charge in [-0.05, 0) is 36.6 Å². The van der Waals surface area contributed by atoms with E-state index in [4.69, 9.17) is 4.98 Å². The average molecular weight is 329 g/mol. The Kier molecular flexibility index (Phi) is 3.97. The van der Waals surface area contributed by atoms with E-state index in [0.29, 0.717) is 5.82 Å². The second-order valence-electron chi connectivity index (χ2n) is 5.39. The Labute approximate surface area is 144 Å². The van der Waals surface area contributed by atoms with Crippen molar-refractivity contribution in [1.82, 2.24) is 15.0 Å². The van der Waals surface area contributed by atoms with E-state index in [2.05, 4.69) is 40.5 Å². The van der Waals surface area contributed by atoms with Crippen molar-refractivity contribution in [2.24, 2.45) is 0 Å². The van der Waals surface area contributed by atoms with Gasteiger partial charge in [-0.25, -0.2) is 15.0 Å². The summed E-state index contributed by atoms with van der Waals surface area (Å²) in [6, 6.07) is 22.3. The third-order valence-electron chi connectivity index (χ3n) is 3.85. The summed E-state index contributed by atoms with van der Waals surface area (Å²) < 4.78 is 0. The number of benzene rings is 2. The minimum atomic E-state index is 0.649. The Balaban J connectivity index is 1.75. The van der Waals surface area contributed by atoms with Crippen LogP contribution in [-0.2, 0) is 0 Å². The molecule has 24 heavy (non-hydrogen) atoms. The topological polar surface area (TPSA) is 38.7 Å². The van der Waals surface area contributed by atoms with E-state index in [1.807, 2.05) is 48.7 Å². The fourth-order valence-electron chi connectivity index (χ4n) is 2.58. The molecule has 0 aliphatic rings. The van der Waals surface area contributed by atoms with Gasteiger partial charge in [0.25, 0.3) is 0 Å². The molecule has 0 N–H and O–H groups in total. The standard InChI is InChI=1S/C20H15N3S/c1-24-16-11-9-14(10-12-16)17-7-4-8-19(22-17)20-21-13-15-5-2-3-6-18(15)23-20/h2-13H,1H3. The van der Waals surface area contributed by atoms with Crippen LogP contribution in [0.3, 0.4) is 0 Å². The summed E-state index contributed by atoms with van der Waals surface area (Å²) in [5.74, 6) is 0.649. The Bertz CT molecular complexity index is 997. The molecule has 0 spiro atoms. The molecule has 4 heteroatoms. The molecule has 0 saturated carbocycles. The predicted octanol–water partition coefficient (Wildman–Crippen LogP) is 5.08. The van der Waals surface area contributed by atoms with Crippen LogP contribution in [0, 0.1) is 0 Å². The van der Waals surface area contributed by atoms with E-state index in [0.717, 1.165) is 27.9 Å². The quantitative estimate of drug-likeness (QED) is 0.491. The summed E-state index contributed by atoms with van der Waals surface area (Å²) in [7, 11) is 0. The lowest BCUT2D eigenvalue weighted by Crippen LogP contribution is -1.93. The van der Waals surface area contributed by atoms with Gasteiger partial charge in [-0.2, -0.15) is 0 Å². The molecular weight excluding hydrogens is 314 g/mol. The number of hydrogen-bond acceptors (Lipinski definition) is 4. The normalized spacial score (nSPS) is 10.9. The fourth-order valence-corrected chi connectivity index (χ4v) is 2.99. The molecule has 0 fully saturated rings. The van der Waals surface area contributed by atoms with Gasteiger partial charge >= 0.3 is 0 Å². The van der Waals surface area contributed by atoms with Gasteiger partial charge in [0.1, 0.15) is 5.69 Å². The first kappa shape index (κ1) is 14.8. The number of fused-ring (bicyclic) bond motifs is 1. The average Bonchev–Trinajstić information content (AvgIpc) is 2.68. The van der Waals surface area contributed by atoms with E-state index in [9.17, 15) is 0 Å². The fraction of sp³-hybridized carbons (Fsp3) is 0.0500. The maximum absolute atomic E-state index is 4.74. The maximum atomic E-state index is 4.74. The van der Waals surface area contributed by atoms with Gasteiger partial charge in [-0.1, -0.05) is 36.4 Å². The van der Waals surface area contributed by atoms with Crippen molar-refractivity contribution in [3.63, 3.8) is 0 Å². The molecule has 116 valence electrons. The zero-order chi connectivity index (χ0) is 16.4. The van der Waals surface area contributed by atoms with Crippen molar-refractivity contribution < 1.29 is 0 Å². The number of hydrogen-bond donors (Lipinski definition) is 0. The highest BCUT2D eigenvalue weighted by molar-refractivity contribution is 7.98. The summed E-state index contributed by atoms with van der Waals surface area (Å²) in [5, 5.41) is 1.03. The van der Waals surface area contributed by atoms with Gasteiger partial charge < -0.3 is 0 Å². The number of nitrogens with zero attached hydrogens (tertiary/aromatic N) is 3. The first-order chi connectivity index (χ1) is 11.8. The van der Waals surface area contributed by atoms with Crippen molar-refractivity contribution in [3.8, 4) is 22.8 Å². The summed E-state index contributed by atoms with van der Waals surface area (Å²) >= 11 is 1.73. The van der Waals surface area contributed by atoms with Gasteiger partial charge in [0.2, 0.25) is 0 Å². The van der Waals surface area contributed by atoms with Crippen molar-refractivity contribution >= 4 is 22.7 Å². The van der Waals surface area contributed by atoms with E-state index in [1.165, 1.54) is 4.90 Å². The lowest BCUT2D eigenvalue weighted by atomic mass is 10.1. The zero-order valence-corrected chi connectivity index (χ0v) is 14.0. The molecule has 0 unspecified atom stereocenters. The van der Waals surface area contributed by atoms with Crippen molar-refractivity contribution in [3.05, 3.63) is 72.9 Å². The van der Waals surface area contributed by atoms with Gasteiger partial charge in [0.05, 0.1) is 11.2 Å². The third kappa shape index (κ3) is 2.88. The number of thioether (sulfide) groups is 1. The minimum absolute atomic E-state index is 0.649. The monoisotopic (exact) mass is 329 g/mol. The van der Waals surface area contributed by atoms with E-state index in [1.54, 1.807) is 11.8 Å². The Morgan fingerprint density at radius 2 is 1.54 bits per heavy atom. The van der Waals surface area contributed by atoms with Crippen LogP contribution < -0.4 is 0 Å². The number of rotatable bonds is 3. The number of aromatic nitrogens is 3. The molecule has 2 heterocycles. The Morgan fingerprint density at radius 1 is 0.750 bits per heavy atom. The molecule has 0 atom stereocenters. The second kappa shape index (κ2) is 6.42. The molecule has 0 saturated heterocycles. The minimum Gasteiger partial charge on any atom is -0.244 e. The molecular formula is C20H15N3S. The van der Waals surface area contributed by atoms with Gasteiger partial charge in [-0.15, -0.1) is 11.8 Å². The lowest BCUT2D eigenvalue weighted by molar-refractivity contribution is 1.18. The first-order valence-electron chi connectivity index (χ1n) is 7.67. The SMILES string of the molecule is CSc1ccc(-c2cccc(-c3ncc4ccccc4n3)n2)cc1. The van der Waals surface area contributed by atoms with Crippen molar-refractivity contribution in [2.45, 2.75) is 4.90 Å². The highest BCUT2D eigenvalue weighted by Crippen LogP contribution is 2.24. The van der Waals surface area contributed by atoms with Crippen molar-refractivity contribution in [1.29, 1.82) is 0 Å². The largest absolute Gasteiger partial charge is 0.244 e. The van der Waals surface area contributed by atoms with Crippen LogP contribution in [0.2, 0.25) is 0 Å². The number of para-hydroxylation sites is 1. The van der Waals surface area contributed by atoms with Crippen LogP contribution in [0.25, 0.3) is 33.7 Å². The third-order valence-corrected chi connectivity index (χ3v) is 4.60. The number of pyridine rings is 1. The molecule has 2 aromatic carbocycles. The highest BCUT2D eigenvalue weighted by atomic mass is 32.2. The van der Waals surface area contributed by atoms with Gasteiger partial charge in [0, 0.05) is 22.0 Å². The summed E-state index contributed by atoms with van der Waals surface area (Å²) in [4.78, 5) is 15.1. The summed E-state index contributed by atoms with van der Waals surface area (Å²) in [6.45, 7) is 0. The van der Waals surface area contributed by atoms with E-state index >= 15 is 0 Å². The second-order valence-corrected chi connectivity index (χ2v) is 6.27. The molecule has 0 aliphatic carbocycles. The van der Waals surface area contributed by atoms with Crippen LogP contribution >= 0.6 is 11.8 Å². The first-order valence-corrected chi connectivity index (χ1v) is 8.89. The molecule has 0 bridgehead atoms. The Hall–Kier alpha value is -2.72. The molecule has 0 aliphatic heterocycles. The molecule has 4 rings (SSSR count). The maximum Gasteiger partial charge on any atom is 0.178 e. The van der Waals surface area contributed by atoms with Gasteiger partial charge in [-0.3, -0.25) is 0 Å². The predicted molar refractivity (Wildman–Crippen MR) is 100.0 cm³/mol. The van der Waals surface area contributed by atoms with Crippen LogP contribution in [0.4, 0.5) is 0 Å². The highest BCUT2D eigenvalue weighted by Gasteiger charge is 2.07. The van der Waals surface area contributed by atoms with E-state index in [-0.39, 0.29) is 0 Å². The molecule has 3 nitrogen and oxygen atoms in total. The van der Waals surface area contributed by atoms with Crippen LogP contribution in [-0.4, -0.2) is 21.2 Å². The zero-order valence-electron chi connectivity index (χ0n) is 13.2. The summed E-state index contributed by atoms with van der Waals surface area (Å²) in [6.07, 6.45) is 3.92. The van der Waals surface area contributed by atoms with Crippen LogP contribution in [0.1, 0.15) is 0 Å². The molecule has 2 aromatic heterocycles. The van der Waals surface area contributed by atoms with Crippen LogP contribution in [0.5, 0.6) is 0 Å². The molecule has 0 radical (unpaired) electrons. The summed E-state index contributed by atoms with van der Waals surface area (Å²) in [5.41, 5.74) is 3.73. The smallest absolute Gasteiger partial charge is 0.178 e. The van der Waals surface area contributed by atoms with Crippen LogP contribution in [0.15, 0.2) is 77.8 Å². The van der Waals surface area contributed by atoms with Crippen molar-refractivity contribution in [2.75, 3.05) is 6.26 Å². The molecule has 0 amide bonds. The van der Waals surface area contributed by atoms with E-state index < -0.39 is 0 Å².